The number of aliphatic hydroxyl groups excluding tert-OH is 1. The van der Waals surface area contributed by atoms with E-state index in [2.05, 4.69) is 27.2 Å². The van der Waals surface area contributed by atoms with Crippen LogP contribution in [-0.2, 0) is 0 Å². The van der Waals surface area contributed by atoms with E-state index in [1.165, 1.54) is 11.1 Å². The average Bonchev–Trinajstić information content (AvgIpc) is 3.36. The number of fused-ring (bicyclic) bond motifs is 2. The lowest BCUT2D eigenvalue weighted by Crippen LogP contribution is -2.33. The third kappa shape index (κ3) is 2.91. The highest BCUT2D eigenvalue weighted by molar-refractivity contribution is 5.50. The number of hydrogen-bond donors (Lipinski definition) is 2. The SMILES string of the molecule is N[C@H]1CC[C@@H](Oc2ccc3nnc(N4CCC[C@H]4CO)n3c2)c2ccccc21. The lowest BCUT2D eigenvalue weighted by Gasteiger charge is -2.30. The van der Waals surface area contributed by atoms with E-state index >= 15 is 0 Å². The van der Waals surface area contributed by atoms with E-state index in [1.54, 1.807) is 0 Å². The monoisotopic (exact) mass is 379 g/mol. The van der Waals surface area contributed by atoms with Crippen molar-refractivity contribution in [2.45, 2.75) is 43.9 Å². The summed E-state index contributed by atoms with van der Waals surface area (Å²) in [5.74, 6) is 1.55. The normalized spacial score (nSPS) is 24.5. The summed E-state index contributed by atoms with van der Waals surface area (Å²) in [5, 5.41) is 18.3. The predicted molar refractivity (Wildman–Crippen MR) is 106 cm³/mol. The molecule has 0 saturated carbocycles. The Morgan fingerprint density at radius 3 is 2.79 bits per heavy atom. The van der Waals surface area contributed by atoms with E-state index in [-0.39, 0.29) is 24.8 Å². The topological polar surface area (TPSA) is 88.9 Å². The lowest BCUT2D eigenvalue weighted by atomic mass is 9.86. The van der Waals surface area contributed by atoms with Gasteiger partial charge in [-0.25, -0.2) is 0 Å². The van der Waals surface area contributed by atoms with Crippen LogP contribution in [0.15, 0.2) is 42.6 Å². The second-order valence-electron chi connectivity index (χ2n) is 7.68. The van der Waals surface area contributed by atoms with Gasteiger partial charge in [-0.2, -0.15) is 0 Å². The molecule has 0 spiro atoms. The van der Waals surface area contributed by atoms with Gasteiger partial charge >= 0.3 is 0 Å². The van der Waals surface area contributed by atoms with Gasteiger partial charge in [-0.05, 0) is 48.9 Å². The minimum atomic E-state index is -0.00893. The fourth-order valence-electron chi connectivity index (χ4n) is 4.48. The van der Waals surface area contributed by atoms with Gasteiger partial charge in [-0.3, -0.25) is 4.40 Å². The van der Waals surface area contributed by atoms with Crippen molar-refractivity contribution in [3.8, 4) is 5.75 Å². The van der Waals surface area contributed by atoms with Crippen molar-refractivity contribution in [2.24, 2.45) is 5.73 Å². The maximum atomic E-state index is 9.66. The first-order valence-electron chi connectivity index (χ1n) is 9.98. The molecule has 0 amide bonds. The van der Waals surface area contributed by atoms with E-state index in [0.29, 0.717) is 0 Å². The molecule has 1 fully saturated rings. The number of rotatable bonds is 4. The molecule has 1 aliphatic heterocycles. The second kappa shape index (κ2) is 7.07. The van der Waals surface area contributed by atoms with Crippen molar-refractivity contribution in [1.29, 1.82) is 0 Å². The molecule has 3 heterocycles. The number of ether oxygens (including phenoxy) is 1. The molecule has 3 N–H and O–H groups in total. The van der Waals surface area contributed by atoms with Gasteiger partial charge in [0.1, 0.15) is 11.9 Å². The zero-order valence-electron chi connectivity index (χ0n) is 15.7. The zero-order valence-corrected chi connectivity index (χ0v) is 15.7. The number of pyridine rings is 1. The summed E-state index contributed by atoms with van der Waals surface area (Å²) < 4.78 is 8.34. The molecule has 0 bridgehead atoms. The first kappa shape index (κ1) is 17.5. The molecule has 28 heavy (non-hydrogen) atoms. The molecule has 1 saturated heterocycles. The van der Waals surface area contributed by atoms with Crippen molar-refractivity contribution in [1.82, 2.24) is 14.6 Å². The van der Waals surface area contributed by atoms with Crippen molar-refractivity contribution in [3.05, 3.63) is 53.7 Å². The van der Waals surface area contributed by atoms with Crippen LogP contribution < -0.4 is 15.4 Å². The number of hydrogen-bond acceptors (Lipinski definition) is 6. The molecule has 1 aliphatic carbocycles. The number of benzene rings is 1. The Morgan fingerprint density at radius 1 is 1.07 bits per heavy atom. The van der Waals surface area contributed by atoms with E-state index < -0.39 is 0 Å². The summed E-state index contributed by atoms with van der Waals surface area (Å²) >= 11 is 0. The number of aliphatic hydroxyl groups is 1. The minimum absolute atomic E-state index is 0.00893. The average molecular weight is 379 g/mol. The largest absolute Gasteiger partial charge is 0.484 e. The molecule has 1 aromatic carbocycles. The molecule has 5 rings (SSSR count). The number of aromatic nitrogens is 3. The van der Waals surface area contributed by atoms with E-state index in [0.717, 1.165) is 49.6 Å². The van der Waals surface area contributed by atoms with E-state index in [9.17, 15) is 5.11 Å². The molecule has 146 valence electrons. The van der Waals surface area contributed by atoms with Crippen LogP contribution in [0, 0.1) is 0 Å². The second-order valence-corrected chi connectivity index (χ2v) is 7.68. The molecule has 2 aliphatic rings. The molecule has 0 unspecified atom stereocenters. The number of nitrogens with two attached hydrogens (primary N) is 1. The predicted octanol–water partition coefficient (Wildman–Crippen LogP) is 2.60. The third-order valence-electron chi connectivity index (χ3n) is 5.96. The van der Waals surface area contributed by atoms with E-state index in [1.807, 2.05) is 34.9 Å². The summed E-state index contributed by atoms with van der Waals surface area (Å²) in [6, 6.07) is 12.3. The summed E-state index contributed by atoms with van der Waals surface area (Å²) in [6.45, 7) is 1.01. The van der Waals surface area contributed by atoms with Gasteiger partial charge in [0.25, 0.3) is 0 Å². The molecule has 3 atom stereocenters. The van der Waals surface area contributed by atoms with Crippen LogP contribution in [0.4, 0.5) is 5.95 Å². The van der Waals surface area contributed by atoms with Gasteiger partial charge in [0.05, 0.1) is 18.8 Å². The summed E-state index contributed by atoms with van der Waals surface area (Å²) in [7, 11) is 0. The maximum Gasteiger partial charge on any atom is 0.232 e. The molecular formula is C21H25N5O2. The Balaban J connectivity index is 1.46. The van der Waals surface area contributed by atoms with Crippen LogP contribution in [0.1, 0.15) is 49.0 Å². The first-order chi connectivity index (χ1) is 13.7. The highest BCUT2D eigenvalue weighted by atomic mass is 16.5. The fraction of sp³-hybridized carbons (Fsp3) is 0.429. The molecule has 2 aromatic heterocycles. The van der Waals surface area contributed by atoms with Gasteiger partial charge in [0, 0.05) is 12.6 Å². The fourth-order valence-corrected chi connectivity index (χ4v) is 4.48. The smallest absolute Gasteiger partial charge is 0.232 e. The molecule has 0 radical (unpaired) electrons. The van der Waals surface area contributed by atoms with Crippen molar-refractivity contribution in [2.75, 3.05) is 18.1 Å². The summed E-state index contributed by atoms with van der Waals surface area (Å²) in [4.78, 5) is 2.14. The molecule has 7 nitrogen and oxygen atoms in total. The third-order valence-corrected chi connectivity index (χ3v) is 5.96. The Hall–Kier alpha value is -2.64. The minimum Gasteiger partial charge on any atom is -0.484 e. The molecular weight excluding hydrogens is 354 g/mol. The van der Waals surface area contributed by atoms with Gasteiger partial charge in [-0.1, -0.05) is 24.3 Å². The van der Waals surface area contributed by atoms with Crippen molar-refractivity contribution >= 4 is 11.6 Å². The van der Waals surface area contributed by atoms with E-state index in [4.69, 9.17) is 10.5 Å². The van der Waals surface area contributed by atoms with Gasteiger partial charge in [0.15, 0.2) is 5.65 Å². The first-order valence-corrected chi connectivity index (χ1v) is 9.98. The van der Waals surface area contributed by atoms with Crippen LogP contribution in [0.5, 0.6) is 5.75 Å². The summed E-state index contributed by atoms with van der Waals surface area (Å²) in [6.07, 6.45) is 5.77. The Bertz CT molecular complexity index is 988. The zero-order chi connectivity index (χ0) is 19.1. The molecule has 3 aromatic rings. The van der Waals surface area contributed by atoms with Crippen LogP contribution in [0.3, 0.4) is 0 Å². The maximum absolute atomic E-state index is 9.66. The Labute approximate surface area is 163 Å². The van der Waals surface area contributed by atoms with Crippen LogP contribution in [0.2, 0.25) is 0 Å². The van der Waals surface area contributed by atoms with Gasteiger partial charge < -0.3 is 20.5 Å². The number of nitrogens with zero attached hydrogens (tertiary/aromatic N) is 4. The Morgan fingerprint density at radius 2 is 1.93 bits per heavy atom. The lowest BCUT2D eigenvalue weighted by molar-refractivity contribution is 0.176. The highest BCUT2D eigenvalue weighted by Gasteiger charge is 2.29. The highest BCUT2D eigenvalue weighted by Crippen LogP contribution is 2.37. The summed E-state index contributed by atoms with van der Waals surface area (Å²) in [5.41, 5.74) is 9.40. The Kier molecular flexibility index (Phi) is 4.41. The number of anilines is 1. The van der Waals surface area contributed by atoms with Gasteiger partial charge in [0.2, 0.25) is 5.95 Å². The van der Waals surface area contributed by atoms with Crippen molar-refractivity contribution in [3.63, 3.8) is 0 Å². The standard InChI is InChI=1S/C21H25N5O2/c22-18-8-9-19(17-6-2-1-5-16(17)18)28-15-7-10-20-23-24-21(26(20)12-15)25-11-3-4-14(25)13-27/h1-2,5-7,10,12,14,18-19,27H,3-4,8-9,11,13,22H2/t14-,18-,19+/m0/s1. The van der Waals surface area contributed by atoms with Crippen LogP contribution >= 0.6 is 0 Å². The molecule has 7 heteroatoms. The van der Waals surface area contributed by atoms with Gasteiger partial charge in [-0.15, -0.1) is 10.2 Å². The van der Waals surface area contributed by atoms with Crippen LogP contribution in [0.25, 0.3) is 5.65 Å². The van der Waals surface area contributed by atoms with Crippen LogP contribution in [-0.4, -0.2) is 38.9 Å². The van der Waals surface area contributed by atoms with Crippen molar-refractivity contribution < 1.29 is 9.84 Å². The quantitative estimate of drug-likeness (QED) is 0.724.